The van der Waals surface area contributed by atoms with Gasteiger partial charge in [0.15, 0.2) is 0 Å². The van der Waals surface area contributed by atoms with Gasteiger partial charge in [0.25, 0.3) is 0 Å². The lowest BCUT2D eigenvalue weighted by molar-refractivity contribution is 0.669. The smallest absolute Gasteiger partial charge is 0.135 e. The van der Waals surface area contributed by atoms with Gasteiger partial charge in [-0.1, -0.05) is 72.9 Å². The molecule has 0 spiro atoms. The summed E-state index contributed by atoms with van der Waals surface area (Å²) < 4.78 is 5.94. The van der Waals surface area contributed by atoms with Gasteiger partial charge < -0.3 is 4.42 Å². The summed E-state index contributed by atoms with van der Waals surface area (Å²) in [4.78, 5) is 4.82. The molecule has 0 aliphatic carbocycles. The highest BCUT2D eigenvalue weighted by Crippen LogP contribution is 2.31. The zero-order chi connectivity index (χ0) is 19.1. The monoisotopic (exact) mass is 379 g/mol. The molecule has 5 rings (SSSR count). The van der Waals surface area contributed by atoms with Crippen molar-refractivity contribution in [3.8, 4) is 11.3 Å². The van der Waals surface area contributed by atoms with E-state index < -0.39 is 8.07 Å². The largest absolute Gasteiger partial charge is 0.456 e. The van der Waals surface area contributed by atoms with Crippen molar-refractivity contribution in [3.63, 3.8) is 0 Å². The Morgan fingerprint density at radius 2 is 1.43 bits per heavy atom. The molecule has 0 N–H and O–H groups in total. The highest BCUT2D eigenvalue weighted by atomic mass is 28.3. The molecule has 0 aliphatic rings. The van der Waals surface area contributed by atoms with Gasteiger partial charge in [-0.2, -0.15) is 0 Å². The molecule has 0 fully saturated rings. The lowest BCUT2D eigenvalue weighted by Crippen LogP contribution is -2.52. The van der Waals surface area contributed by atoms with Gasteiger partial charge in [-0.05, 0) is 35.5 Å². The standard InChI is InChI=1S/C25H21NOSi/c1-28(2,19-8-4-3-5-9-19)20-13-14-23(26-17-20)18-12-15-25-22(16-18)21-10-6-7-11-24(21)27-25/h3-17H,1-2H3. The van der Waals surface area contributed by atoms with Crippen LogP contribution < -0.4 is 10.4 Å². The Labute approximate surface area is 165 Å². The van der Waals surface area contributed by atoms with Crippen LogP contribution in [0.2, 0.25) is 13.1 Å². The van der Waals surface area contributed by atoms with Crippen LogP contribution in [0.15, 0.2) is 95.5 Å². The highest BCUT2D eigenvalue weighted by molar-refractivity contribution is 7.00. The molecule has 0 amide bonds. The van der Waals surface area contributed by atoms with Crippen LogP contribution in [-0.2, 0) is 0 Å². The van der Waals surface area contributed by atoms with Gasteiger partial charge in [-0.3, -0.25) is 4.98 Å². The number of furan rings is 1. The fraction of sp³-hybridized carbons (Fsp3) is 0.0800. The molecule has 0 bridgehead atoms. The molecule has 2 heterocycles. The number of benzene rings is 3. The molecule has 136 valence electrons. The predicted molar refractivity (Wildman–Crippen MR) is 120 cm³/mol. The summed E-state index contributed by atoms with van der Waals surface area (Å²) in [5.41, 5.74) is 3.95. The molecule has 2 nitrogen and oxygen atoms in total. The summed E-state index contributed by atoms with van der Waals surface area (Å²) in [5, 5.41) is 5.06. The lowest BCUT2D eigenvalue weighted by atomic mass is 10.1. The maximum absolute atomic E-state index is 5.94. The van der Waals surface area contributed by atoms with Gasteiger partial charge in [-0.25, -0.2) is 0 Å². The molecule has 0 saturated carbocycles. The third-order valence-electron chi connectivity index (χ3n) is 5.65. The Kier molecular flexibility index (Phi) is 3.92. The number of nitrogens with zero attached hydrogens (tertiary/aromatic N) is 1. The average Bonchev–Trinajstić information content (AvgIpc) is 3.12. The van der Waals surface area contributed by atoms with E-state index in [1.807, 2.05) is 24.3 Å². The number of hydrogen-bond acceptors (Lipinski definition) is 2. The van der Waals surface area contributed by atoms with E-state index in [9.17, 15) is 0 Å². The SMILES string of the molecule is C[Si](C)(c1ccccc1)c1ccc(-c2ccc3oc4ccccc4c3c2)nc1. The van der Waals surface area contributed by atoms with E-state index in [2.05, 4.69) is 80.0 Å². The van der Waals surface area contributed by atoms with Gasteiger partial charge >= 0.3 is 0 Å². The van der Waals surface area contributed by atoms with Crippen LogP contribution in [0.3, 0.4) is 0 Å². The second kappa shape index (κ2) is 6.46. The van der Waals surface area contributed by atoms with E-state index in [0.717, 1.165) is 33.2 Å². The molecule has 3 aromatic carbocycles. The minimum absolute atomic E-state index is 0.916. The van der Waals surface area contributed by atoms with Crippen molar-refractivity contribution in [2.45, 2.75) is 13.1 Å². The Morgan fingerprint density at radius 3 is 2.21 bits per heavy atom. The first-order valence-corrected chi connectivity index (χ1v) is 12.6. The zero-order valence-electron chi connectivity index (χ0n) is 16.0. The Hall–Kier alpha value is -3.17. The predicted octanol–water partition coefficient (Wildman–Crippen LogP) is 5.47. The summed E-state index contributed by atoms with van der Waals surface area (Å²) in [6.45, 7) is 4.76. The van der Waals surface area contributed by atoms with Crippen molar-refractivity contribution < 1.29 is 4.42 Å². The van der Waals surface area contributed by atoms with Crippen LogP contribution in [-0.4, -0.2) is 13.1 Å². The first-order chi connectivity index (χ1) is 13.6. The summed E-state index contributed by atoms with van der Waals surface area (Å²) >= 11 is 0. The van der Waals surface area contributed by atoms with Crippen molar-refractivity contribution in [3.05, 3.63) is 91.1 Å². The number of pyridine rings is 1. The Bertz CT molecular complexity index is 1270. The summed E-state index contributed by atoms with van der Waals surface area (Å²) in [7, 11) is -1.73. The molecule has 2 aromatic heterocycles. The van der Waals surface area contributed by atoms with Gasteiger partial charge in [0.1, 0.15) is 19.2 Å². The van der Waals surface area contributed by atoms with Crippen LogP contribution in [0, 0.1) is 0 Å². The van der Waals surface area contributed by atoms with Crippen LogP contribution in [0.1, 0.15) is 0 Å². The zero-order valence-corrected chi connectivity index (χ0v) is 17.0. The third kappa shape index (κ3) is 2.76. The molecule has 0 saturated heterocycles. The maximum atomic E-state index is 5.94. The summed E-state index contributed by atoms with van der Waals surface area (Å²) in [5.74, 6) is 0. The summed E-state index contributed by atoms with van der Waals surface area (Å²) in [6.07, 6.45) is 2.06. The third-order valence-corrected chi connectivity index (χ3v) is 9.17. The molecule has 0 aliphatic heterocycles. The number of fused-ring (bicyclic) bond motifs is 3. The molecule has 28 heavy (non-hydrogen) atoms. The fourth-order valence-corrected chi connectivity index (χ4v) is 6.09. The van der Waals surface area contributed by atoms with Crippen molar-refractivity contribution >= 4 is 40.4 Å². The maximum Gasteiger partial charge on any atom is 0.135 e. The van der Waals surface area contributed by atoms with E-state index in [0.29, 0.717) is 0 Å². The number of hydrogen-bond donors (Lipinski definition) is 0. The Balaban J connectivity index is 1.55. The minimum Gasteiger partial charge on any atom is -0.456 e. The molecule has 3 heteroatoms. The van der Waals surface area contributed by atoms with Gasteiger partial charge in [0, 0.05) is 22.5 Å². The Morgan fingerprint density at radius 1 is 0.679 bits per heavy atom. The fourth-order valence-electron chi connectivity index (χ4n) is 3.84. The molecule has 5 aromatic rings. The lowest BCUT2D eigenvalue weighted by Gasteiger charge is -2.23. The van der Waals surface area contributed by atoms with E-state index in [1.54, 1.807) is 0 Å². The van der Waals surface area contributed by atoms with Crippen LogP contribution >= 0.6 is 0 Å². The first-order valence-electron chi connectivity index (χ1n) is 9.57. The quantitative estimate of drug-likeness (QED) is 0.389. The number of para-hydroxylation sites is 1. The van der Waals surface area contributed by atoms with Crippen molar-refractivity contribution in [1.82, 2.24) is 4.98 Å². The first kappa shape index (κ1) is 17.0. The second-order valence-electron chi connectivity index (χ2n) is 7.73. The van der Waals surface area contributed by atoms with Gasteiger partial charge in [-0.15, -0.1) is 0 Å². The number of rotatable bonds is 3. The van der Waals surface area contributed by atoms with Crippen LogP contribution in [0.25, 0.3) is 33.2 Å². The normalized spacial score (nSPS) is 11.9. The molecule has 0 atom stereocenters. The van der Waals surface area contributed by atoms with Crippen LogP contribution in [0.5, 0.6) is 0 Å². The highest BCUT2D eigenvalue weighted by Gasteiger charge is 2.26. The van der Waals surface area contributed by atoms with Crippen LogP contribution in [0.4, 0.5) is 0 Å². The average molecular weight is 380 g/mol. The van der Waals surface area contributed by atoms with Crippen molar-refractivity contribution in [1.29, 1.82) is 0 Å². The summed E-state index contributed by atoms with van der Waals surface area (Å²) in [6, 6.07) is 29.7. The molecular formula is C25H21NOSi. The van der Waals surface area contributed by atoms with Crippen molar-refractivity contribution in [2.75, 3.05) is 0 Å². The van der Waals surface area contributed by atoms with Crippen molar-refractivity contribution in [2.24, 2.45) is 0 Å². The van der Waals surface area contributed by atoms with E-state index in [-0.39, 0.29) is 0 Å². The topological polar surface area (TPSA) is 26.0 Å². The van der Waals surface area contributed by atoms with Gasteiger partial charge in [0.05, 0.1) is 5.69 Å². The van der Waals surface area contributed by atoms with Gasteiger partial charge in [0.2, 0.25) is 0 Å². The molecule has 0 radical (unpaired) electrons. The molecule has 0 unspecified atom stereocenters. The van der Waals surface area contributed by atoms with E-state index >= 15 is 0 Å². The van der Waals surface area contributed by atoms with E-state index in [4.69, 9.17) is 9.40 Å². The molecular weight excluding hydrogens is 358 g/mol. The number of aromatic nitrogens is 1. The van der Waals surface area contributed by atoms with E-state index in [1.165, 1.54) is 10.4 Å². The minimum atomic E-state index is -1.73. The second-order valence-corrected chi connectivity index (χ2v) is 12.1.